The second kappa shape index (κ2) is 7.90. The quantitative estimate of drug-likeness (QED) is 0.844. The summed E-state index contributed by atoms with van der Waals surface area (Å²) >= 11 is 0. The van der Waals surface area contributed by atoms with Gasteiger partial charge < -0.3 is 10.6 Å². The Hall–Kier alpha value is -2.43. The maximum absolute atomic E-state index is 12.0. The molecule has 0 saturated heterocycles. The van der Waals surface area contributed by atoms with E-state index < -0.39 is 0 Å². The highest BCUT2D eigenvalue weighted by molar-refractivity contribution is 5.93. The summed E-state index contributed by atoms with van der Waals surface area (Å²) in [6.07, 6.45) is 4.07. The van der Waals surface area contributed by atoms with Gasteiger partial charge in [-0.15, -0.1) is 0 Å². The Bertz CT molecular complexity index is 685. The highest BCUT2D eigenvalue weighted by atomic mass is 16.1. The summed E-state index contributed by atoms with van der Waals surface area (Å²) in [5.74, 6) is 0.919. The normalized spacial score (nSPS) is 10.8. The maximum Gasteiger partial charge on any atom is 0.254 e. The molecule has 1 heterocycles. The summed E-state index contributed by atoms with van der Waals surface area (Å²) in [5, 5.41) is 6.12. The summed E-state index contributed by atoms with van der Waals surface area (Å²) in [6.45, 7) is 11.1. The van der Waals surface area contributed by atoms with E-state index in [4.69, 9.17) is 0 Å². The molecule has 0 saturated carbocycles. The molecule has 1 aromatic carbocycles. The molecule has 0 aliphatic carbocycles. The Morgan fingerprint density at radius 3 is 2.21 bits per heavy atom. The molecule has 0 aliphatic rings. The first-order chi connectivity index (χ1) is 11.4. The molecule has 0 bridgehead atoms. The Labute approximate surface area is 143 Å². The lowest BCUT2D eigenvalue weighted by Gasteiger charge is -2.13. The van der Waals surface area contributed by atoms with Crippen LogP contribution in [-0.2, 0) is 0 Å². The summed E-state index contributed by atoms with van der Waals surface area (Å²) in [7, 11) is 0. The fourth-order valence-corrected chi connectivity index (χ4v) is 2.58. The van der Waals surface area contributed by atoms with Crippen LogP contribution in [0.1, 0.15) is 47.3 Å². The van der Waals surface area contributed by atoms with Crippen LogP contribution in [-0.4, -0.2) is 22.4 Å². The molecule has 0 aliphatic heterocycles. The Morgan fingerprint density at radius 2 is 1.67 bits per heavy atom. The van der Waals surface area contributed by atoms with Gasteiger partial charge in [0.25, 0.3) is 5.91 Å². The van der Waals surface area contributed by atoms with Gasteiger partial charge in [0.15, 0.2) is 0 Å². The number of aromatic nitrogens is 2. The Morgan fingerprint density at radius 1 is 1.08 bits per heavy atom. The van der Waals surface area contributed by atoms with E-state index in [1.165, 1.54) is 5.56 Å². The molecule has 24 heavy (non-hydrogen) atoms. The number of rotatable bonds is 6. The highest BCUT2D eigenvalue weighted by Crippen LogP contribution is 2.24. The van der Waals surface area contributed by atoms with E-state index >= 15 is 0 Å². The van der Waals surface area contributed by atoms with Gasteiger partial charge in [0.1, 0.15) is 0 Å². The van der Waals surface area contributed by atoms with Crippen molar-refractivity contribution in [2.24, 2.45) is 5.92 Å². The van der Waals surface area contributed by atoms with Gasteiger partial charge >= 0.3 is 0 Å². The molecule has 128 valence electrons. The number of amides is 1. The second-order valence-corrected chi connectivity index (χ2v) is 6.63. The molecule has 2 N–H and O–H groups in total. The Kier molecular flexibility index (Phi) is 5.90. The van der Waals surface area contributed by atoms with Gasteiger partial charge in [0, 0.05) is 24.6 Å². The van der Waals surface area contributed by atoms with Gasteiger partial charge in [-0.25, -0.2) is 9.97 Å². The molecule has 0 unspecified atom stereocenters. The van der Waals surface area contributed by atoms with Crippen LogP contribution < -0.4 is 10.6 Å². The number of hydrogen-bond acceptors (Lipinski definition) is 4. The average molecular weight is 326 g/mol. The fourth-order valence-electron chi connectivity index (χ4n) is 2.58. The van der Waals surface area contributed by atoms with E-state index in [1.54, 1.807) is 12.4 Å². The van der Waals surface area contributed by atoms with Crippen molar-refractivity contribution in [2.75, 3.05) is 11.9 Å². The molecule has 2 aromatic rings. The molecule has 2 rings (SSSR count). The van der Waals surface area contributed by atoms with Crippen LogP contribution in [0.5, 0.6) is 0 Å². The molecule has 5 heteroatoms. The van der Waals surface area contributed by atoms with Crippen LogP contribution in [0.4, 0.5) is 11.6 Å². The molecule has 0 radical (unpaired) electrons. The van der Waals surface area contributed by atoms with Gasteiger partial charge in [-0.2, -0.15) is 0 Å². The number of anilines is 2. The minimum Gasteiger partial charge on any atom is -0.352 e. The molecule has 1 aromatic heterocycles. The number of hydrogen-bond donors (Lipinski definition) is 2. The predicted octanol–water partition coefficient (Wildman–Crippen LogP) is 3.92. The second-order valence-electron chi connectivity index (χ2n) is 6.63. The van der Waals surface area contributed by atoms with Gasteiger partial charge in [0.2, 0.25) is 5.95 Å². The monoisotopic (exact) mass is 326 g/mol. The topological polar surface area (TPSA) is 66.9 Å². The minimum absolute atomic E-state index is 0.134. The lowest BCUT2D eigenvalue weighted by atomic mass is 10.1. The van der Waals surface area contributed by atoms with Crippen molar-refractivity contribution in [3.05, 3.63) is 46.8 Å². The first-order valence-corrected chi connectivity index (χ1v) is 8.32. The van der Waals surface area contributed by atoms with Crippen molar-refractivity contribution in [3.63, 3.8) is 0 Å². The maximum atomic E-state index is 12.0. The third-order valence-corrected chi connectivity index (χ3v) is 3.84. The zero-order valence-corrected chi connectivity index (χ0v) is 15.1. The number of nitrogens with one attached hydrogen (secondary N) is 2. The predicted molar refractivity (Wildman–Crippen MR) is 97.8 cm³/mol. The van der Waals surface area contributed by atoms with Crippen LogP contribution >= 0.6 is 0 Å². The van der Waals surface area contributed by atoms with E-state index in [9.17, 15) is 4.79 Å². The molecular formula is C19H26N4O. The van der Waals surface area contributed by atoms with Gasteiger partial charge in [-0.05, 0) is 44.2 Å². The lowest BCUT2D eigenvalue weighted by molar-refractivity contribution is 0.0951. The van der Waals surface area contributed by atoms with Crippen molar-refractivity contribution in [2.45, 2.75) is 41.0 Å². The first kappa shape index (κ1) is 17.9. The van der Waals surface area contributed by atoms with Crippen LogP contribution in [0.2, 0.25) is 0 Å². The minimum atomic E-state index is -0.134. The van der Waals surface area contributed by atoms with Crippen molar-refractivity contribution < 1.29 is 4.79 Å². The van der Waals surface area contributed by atoms with E-state index in [0.29, 0.717) is 24.0 Å². The van der Waals surface area contributed by atoms with E-state index in [-0.39, 0.29) is 5.91 Å². The SMILES string of the molecule is Cc1cc(C)c(Nc2ncc(C(=O)NCCC(C)C)cn2)c(C)c1. The van der Waals surface area contributed by atoms with Crippen LogP contribution in [0.15, 0.2) is 24.5 Å². The number of nitrogens with zero attached hydrogens (tertiary/aromatic N) is 2. The van der Waals surface area contributed by atoms with Crippen LogP contribution in [0.25, 0.3) is 0 Å². The largest absolute Gasteiger partial charge is 0.352 e. The third kappa shape index (κ3) is 4.78. The van der Waals surface area contributed by atoms with Crippen molar-refractivity contribution >= 4 is 17.5 Å². The zero-order valence-electron chi connectivity index (χ0n) is 15.1. The van der Waals surface area contributed by atoms with Gasteiger partial charge in [-0.1, -0.05) is 31.5 Å². The van der Waals surface area contributed by atoms with Gasteiger partial charge in [-0.3, -0.25) is 4.79 Å². The highest BCUT2D eigenvalue weighted by Gasteiger charge is 2.09. The molecule has 5 nitrogen and oxygen atoms in total. The van der Waals surface area contributed by atoms with E-state index in [2.05, 4.69) is 67.4 Å². The number of aryl methyl sites for hydroxylation is 3. The van der Waals surface area contributed by atoms with Gasteiger partial charge in [0.05, 0.1) is 5.56 Å². The van der Waals surface area contributed by atoms with E-state index in [1.807, 2.05) is 0 Å². The smallest absolute Gasteiger partial charge is 0.254 e. The summed E-state index contributed by atoms with van der Waals surface area (Å²) in [4.78, 5) is 20.5. The van der Waals surface area contributed by atoms with Crippen LogP contribution in [0.3, 0.4) is 0 Å². The van der Waals surface area contributed by atoms with Crippen molar-refractivity contribution in [1.82, 2.24) is 15.3 Å². The van der Waals surface area contributed by atoms with E-state index in [0.717, 1.165) is 23.2 Å². The zero-order chi connectivity index (χ0) is 17.7. The number of carbonyl (C=O) groups excluding carboxylic acids is 1. The number of benzene rings is 1. The van der Waals surface area contributed by atoms with Crippen molar-refractivity contribution in [1.29, 1.82) is 0 Å². The Balaban J connectivity index is 2.03. The third-order valence-electron chi connectivity index (χ3n) is 3.84. The number of carbonyl (C=O) groups is 1. The lowest BCUT2D eigenvalue weighted by Crippen LogP contribution is -2.25. The fraction of sp³-hybridized carbons (Fsp3) is 0.421. The molecule has 0 spiro atoms. The molecule has 0 atom stereocenters. The standard InChI is InChI=1S/C19H26N4O/c1-12(2)6-7-20-18(24)16-10-21-19(22-11-16)23-17-14(4)8-13(3)9-15(17)5/h8-12H,6-7H2,1-5H3,(H,20,24)(H,21,22,23). The van der Waals surface area contributed by atoms with Crippen LogP contribution in [0, 0.1) is 26.7 Å². The summed E-state index contributed by atoms with van der Waals surface area (Å²) < 4.78 is 0. The summed E-state index contributed by atoms with van der Waals surface area (Å²) in [6, 6.07) is 4.23. The van der Waals surface area contributed by atoms with Crippen molar-refractivity contribution in [3.8, 4) is 0 Å². The molecular weight excluding hydrogens is 300 g/mol. The molecule has 0 fully saturated rings. The average Bonchev–Trinajstić information content (AvgIpc) is 2.51. The summed E-state index contributed by atoms with van der Waals surface area (Å²) in [5.41, 5.74) is 5.00. The molecule has 1 amide bonds. The first-order valence-electron chi connectivity index (χ1n) is 8.32.